The van der Waals surface area contributed by atoms with Gasteiger partial charge in [0.2, 0.25) is 0 Å². The lowest BCUT2D eigenvalue weighted by Gasteiger charge is -2.10. The Bertz CT molecular complexity index is 171. The summed E-state index contributed by atoms with van der Waals surface area (Å²) in [5.74, 6) is 0. The quantitative estimate of drug-likeness (QED) is 0.445. The van der Waals surface area contributed by atoms with Gasteiger partial charge in [0.25, 0.3) is 0 Å². The van der Waals surface area contributed by atoms with Crippen LogP contribution in [-0.2, 0) is 0 Å². The summed E-state index contributed by atoms with van der Waals surface area (Å²) in [6.07, 6.45) is 14.7. The first-order valence-electron chi connectivity index (χ1n) is 8.56. The molecule has 0 spiro atoms. The monoisotopic (exact) mass is 272 g/mol. The predicted octanol–water partition coefficient (Wildman–Crippen LogP) is 4.82. The lowest BCUT2D eigenvalue weighted by molar-refractivity contribution is 0.146. The maximum atomic E-state index is 9.82. The van der Waals surface area contributed by atoms with Crippen LogP contribution in [0.15, 0.2) is 0 Å². The molecule has 0 saturated heterocycles. The zero-order valence-electron chi connectivity index (χ0n) is 13.2. The van der Waals surface area contributed by atoms with Crippen molar-refractivity contribution in [3.63, 3.8) is 0 Å². The molecule has 0 amide bonds. The molecule has 0 aliphatic rings. The molecular formula is C17H36O2. The highest BCUT2D eigenvalue weighted by molar-refractivity contribution is 4.58. The van der Waals surface area contributed by atoms with Crippen LogP contribution in [0.2, 0.25) is 0 Å². The van der Waals surface area contributed by atoms with E-state index in [1.54, 1.807) is 0 Å². The van der Waals surface area contributed by atoms with Crippen LogP contribution < -0.4 is 0 Å². The maximum absolute atomic E-state index is 9.82. The van der Waals surface area contributed by atoms with Gasteiger partial charge in [0.15, 0.2) is 0 Å². The van der Waals surface area contributed by atoms with Crippen LogP contribution in [0.1, 0.15) is 97.3 Å². The Labute approximate surface area is 120 Å². The van der Waals surface area contributed by atoms with Gasteiger partial charge in [-0.2, -0.15) is 0 Å². The molecule has 0 saturated carbocycles. The molecule has 0 aromatic heterocycles. The van der Waals surface area contributed by atoms with Crippen molar-refractivity contribution in [1.82, 2.24) is 0 Å². The van der Waals surface area contributed by atoms with Gasteiger partial charge in [0.1, 0.15) is 0 Å². The molecule has 0 aliphatic carbocycles. The zero-order chi connectivity index (χ0) is 14.3. The van der Waals surface area contributed by atoms with Crippen LogP contribution >= 0.6 is 0 Å². The van der Waals surface area contributed by atoms with Gasteiger partial charge in [-0.15, -0.1) is 0 Å². The van der Waals surface area contributed by atoms with Crippen LogP contribution in [0.5, 0.6) is 0 Å². The van der Waals surface area contributed by atoms with Gasteiger partial charge in [-0.1, -0.05) is 71.6 Å². The largest absolute Gasteiger partial charge is 0.393 e. The first kappa shape index (κ1) is 18.9. The van der Waals surface area contributed by atoms with E-state index in [-0.39, 0.29) is 12.2 Å². The lowest BCUT2D eigenvalue weighted by atomic mass is 10.0. The molecule has 116 valence electrons. The number of aliphatic hydroxyl groups excluding tert-OH is 2. The number of rotatable bonds is 14. The number of hydrogen-bond acceptors (Lipinski definition) is 2. The van der Waals surface area contributed by atoms with Crippen LogP contribution in [0.4, 0.5) is 0 Å². The van der Waals surface area contributed by atoms with E-state index in [9.17, 15) is 10.2 Å². The zero-order valence-corrected chi connectivity index (χ0v) is 13.2. The normalized spacial score (nSPS) is 14.5. The number of hydrogen-bond donors (Lipinski definition) is 2. The van der Waals surface area contributed by atoms with E-state index < -0.39 is 0 Å². The molecule has 2 unspecified atom stereocenters. The van der Waals surface area contributed by atoms with Crippen molar-refractivity contribution in [2.24, 2.45) is 0 Å². The molecule has 0 aromatic carbocycles. The highest BCUT2D eigenvalue weighted by atomic mass is 16.3. The molecule has 0 rings (SSSR count). The van der Waals surface area contributed by atoms with Gasteiger partial charge >= 0.3 is 0 Å². The third-order valence-electron chi connectivity index (χ3n) is 3.94. The summed E-state index contributed by atoms with van der Waals surface area (Å²) in [6.45, 7) is 4.25. The summed E-state index contributed by atoms with van der Waals surface area (Å²) in [5, 5.41) is 19.2. The minimum Gasteiger partial charge on any atom is -0.393 e. The fourth-order valence-corrected chi connectivity index (χ4v) is 2.45. The molecule has 0 aliphatic heterocycles. The van der Waals surface area contributed by atoms with E-state index in [0.717, 1.165) is 38.5 Å². The van der Waals surface area contributed by atoms with Gasteiger partial charge in [-0.25, -0.2) is 0 Å². The average molecular weight is 272 g/mol. The summed E-state index contributed by atoms with van der Waals surface area (Å²) < 4.78 is 0. The van der Waals surface area contributed by atoms with Gasteiger partial charge in [-0.05, 0) is 25.7 Å². The van der Waals surface area contributed by atoms with Crippen LogP contribution in [0, 0.1) is 0 Å². The van der Waals surface area contributed by atoms with Crippen molar-refractivity contribution >= 4 is 0 Å². The van der Waals surface area contributed by atoms with Crippen molar-refractivity contribution in [2.45, 2.75) is 110 Å². The Morgan fingerprint density at radius 3 is 1.47 bits per heavy atom. The topological polar surface area (TPSA) is 40.5 Å². The molecule has 2 N–H and O–H groups in total. The fourth-order valence-electron chi connectivity index (χ4n) is 2.45. The van der Waals surface area contributed by atoms with Crippen molar-refractivity contribution in [3.8, 4) is 0 Å². The highest BCUT2D eigenvalue weighted by Crippen LogP contribution is 2.14. The van der Waals surface area contributed by atoms with E-state index in [0.29, 0.717) is 0 Å². The van der Waals surface area contributed by atoms with Crippen LogP contribution in [0.3, 0.4) is 0 Å². The van der Waals surface area contributed by atoms with Crippen molar-refractivity contribution in [2.75, 3.05) is 0 Å². The summed E-state index contributed by atoms with van der Waals surface area (Å²) in [6, 6.07) is 0. The average Bonchev–Trinajstić information content (AvgIpc) is 2.42. The van der Waals surface area contributed by atoms with Crippen molar-refractivity contribution in [1.29, 1.82) is 0 Å². The van der Waals surface area contributed by atoms with Gasteiger partial charge in [0, 0.05) is 0 Å². The molecule has 2 nitrogen and oxygen atoms in total. The first-order valence-corrected chi connectivity index (χ1v) is 8.56. The minimum atomic E-state index is -0.0926. The van der Waals surface area contributed by atoms with Gasteiger partial charge < -0.3 is 10.2 Å². The first-order chi connectivity index (χ1) is 9.20. The summed E-state index contributed by atoms with van der Waals surface area (Å²) in [7, 11) is 0. The Morgan fingerprint density at radius 2 is 1.00 bits per heavy atom. The third-order valence-corrected chi connectivity index (χ3v) is 3.94. The molecular weight excluding hydrogens is 236 g/mol. The lowest BCUT2D eigenvalue weighted by Crippen LogP contribution is -2.06. The number of unbranched alkanes of at least 4 members (excludes halogenated alkanes) is 7. The molecule has 2 atom stereocenters. The van der Waals surface area contributed by atoms with Crippen molar-refractivity contribution < 1.29 is 10.2 Å². The van der Waals surface area contributed by atoms with Crippen LogP contribution in [0.25, 0.3) is 0 Å². The van der Waals surface area contributed by atoms with E-state index in [1.807, 2.05) is 6.92 Å². The molecule has 2 heteroatoms. The Kier molecular flexibility index (Phi) is 14.3. The summed E-state index contributed by atoms with van der Waals surface area (Å²) in [5.41, 5.74) is 0. The summed E-state index contributed by atoms with van der Waals surface area (Å²) in [4.78, 5) is 0. The van der Waals surface area contributed by atoms with E-state index in [1.165, 1.54) is 44.9 Å². The molecule has 0 aromatic rings. The second-order valence-electron chi connectivity index (χ2n) is 5.91. The smallest absolute Gasteiger partial charge is 0.0540 e. The second-order valence-corrected chi connectivity index (χ2v) is 5.91. The maximum Gasteiger partial charge on any atom is 0.0540 e. The van der Waals surface area contributed by atoms with Gasteiger partial charge in [0.05, 0.1) is 12.2 Å². The van der Waals surface area contributed by atoms with E-state index in [4.69, 9.17) is 0 Å². The van der Waals surface area contributed by atoms with E-state index in [2.05, 4.69) is 6.92 Å². The highest BCUT2D eigenvalue weighted by Gasteiger charge is 2.04. The Balaban J connectivity index is 3.16. The number of aliphatic hydroxyl groups is 2. The van der Waals surface area contributed by atoms with E-state index >= 15 is 0 Å². The molecule has 19 heavy (non-hydrogen) atoms. The Hall–Kier alpha value is -0.0800. The molecule has 0 bridgehead atoms. The standard InChI is InChI=1S/C17H36O2/c1-3-5-6-10-14-17(19)15-12-9-7-8-11-13-16(18)4-2/h16-19H,3-15H2,1-2H3. The van der Waals surface area contributed by atoms with Crippen LogP contribution in [-0.4, -0.2) is 22.4 Å². The molecule has 0 heterocycles. The minimum absolute atomic E-state index is 0.0706. The van der Waals surface area contributed by atoms with Crippen molar-refractivity contribution in [3.05, 3.63) is 0 Å². The Morgan fingerprint density at radius 1 is 0.579 bits per heavy atom. The van der Waals surface area contributed by atoms with Gasteiger partial charge in [-0.3, -0.25) is 0 Å². The summed E-state index contributed by atoms with van der Waals surface area (Å²) >= 11 is 0. The second kappa shape index (κ2) is 14.3. The molecule has 0 fully saturated rings. The SMILES string of the molecule is CCCCCCC(O)CCCCCCCC(O)CC. The fraction of sp³-hybridized carbons (Fsp3) is 1.00. The molecule has 0 radical (unpaired) electrons. The third kappa shape index (κ3) is 14.1. The predicted molar refractivity (Wildman–Crippen MR) is 83.4 cm³/mol.